The molecule has 88 valence electrons. The van der Waals surface area contributed by atoms with Gasteiger partial charge in [0.25, 0.3) is 0 Å². The fraction of sp³-hybridized carbons (Fsp3) is 1.00. The van der Waals surface area contributed by atoms with E-state index in [9.17, 15) is 0 Å². The van der Waals surface area contributed by atoms with E-state index < -0.39 is 0 Å². The third-order valence-corrected chi connectivity index (χ3v) is 2.48. The number of nitrogens with zero attached hydrogens (tertiary/aromatic N) is 1. The van der Waals surface area contributed by atoms with Gasteiger partial charge in [0.2, 0.25) is 0 Å². The molecule has 0 aromatic carbocycles. The molecule has 0 saturated carbocycles. The Kier molecular flexibility index (Phi) is 16.1. The molecular formula is C12H30NP. The highest BCUT2D eigenvalue weighted by atomic mass is 31.0. The summed E-state index contributed by atoms with van der Waals surface area (Å²) in [7, 11) is 0. The molecular weight excluding hydrogens is 189 g/mol. The monoisotopic (exact) mass is 219 g/mol. The van der Waals surface area contributed by atoms with Gasteiger partial charge in [-0.05, 0) is 38.9 Å². The van der Waals surface area contributed by atoms with Crippen LogP contribution >= 0.6 is 9.90 Å². The standard InChI is InChI=1S/C12H27N.H3P/c1-4-7-10-13(11-8-5-2)12-9-6-3;/h4-12H2,1-3H3;1H3. The number of hydrogen-bond acceptors (Lipinski definition) is 1. The smallest absolute Gasteiger partial charge is 0.00188 e. The van der Waals surface area contributed by atoms with Crippen molar-refractivity contribution >= 4 is 9.90 Å². The van der Waals surface area contributed by atoms with Crippen LogP contribution in [0.2, 0.25) is 0 Å². The SMILES string of the molecule is CCCCN(CCCC)CCCC.P. The zero-order valence-corrected chi connectivity index (χ0v) is 11.9. The van der Waals surface area contributed by atoms with Crippen molar-refractivity contribution in [1.29, 1.82) is 0 Å². The Labute approximate surface area is 94.3 Å². The number of hydrogen-bond donors (Lipinski definition) is 0. The summed E-state index contributed by atoms with van der Waals surface area (Å²) in [6, 6.07) is 0. The summed E-state index contributed by atoms with van der Waals surface area (Å²) in [6.07, 6.45) is 8.09. The number of unbranched alkanes of at least 4 members (excludes halogenated alkanes) is 3. The van der Waals surface area contributed by atoms with Gasteiger partial charge in [-0.1, -0.05) is 40.0 Å². The summed E-state index contributed by atoms with van der Waals surface area (Å²) in [4.78, 5) is 2.64. The van der Waals surface area contributed by atoms with Gasteiger partial charge >= 0.3 is 0 Å². The van der Waals surface area contributed by atoms with Crippen molar-refractivity contribution in [3.63, 3.8) is 0 Å². The molecule has 0 aliphatic rings. The fourth-order valence-electron chi connectivity index (χ4n) is 1.48. The Hall–Kier alpha value is 0.390. The predicted molar refractivity (Wildman–Crippen MR) is 72.3 cm³/mol. The molecule has 0 fully saturated rings. The van der Waals surface area contributed by atoms with Gasteiger partial charge in [-0.15, -0.1) is 0 Å². The van der Waals surface area contributed by atoms with Crippen LogP contribution in [0.5, 0.6) is 0 Å². The topological polar surface area (TPSA) is 3.24 Å². The summed E-state index contributed by atoms with van der Waals surface area (Å²) in [5.41, 5.74) is 0. The van der Waals surface area contributed by atoms with Gasteiger partial charge in [0.05, 0.1) is 0 Å². The van der Waals surface area contributed by atoms with Crippen LogP contribution in [0.25, 0.3) is 0 Å². The minimum atomic E-state index is 0. The lowest BCUT2D eigenvalue weighted by Gasteiger charge is -2.21. The van der Waals surface area contributed by atoms with Crippen molar-refractivity contribution in [1.82, 2.24) is 4.90 Å². The average Bonchev–Trinajstić information content (AvgIpc) is 2.17. The van der Waals surface area contributed by atoms with Crippen molar-refractivity contribution in [3.05, 3.63) is 0 Å². The molecule has 0 saturated heterocycles. The van der Waals surface area contributed by atoms with Crippen molar-refractivity contribution in [2.24, 2.45) is 0 Å². The molecule has 0 bridgehead atoms. The van der Waals surface area contributed by atoms with Gasteiger partial charge in [0.1, 0.15) is 0 Å². The molecule has 0 aromatic heterocycles. The molecule has 0 amide bonds. The molecule has 0 aromatic rings. The molecule has 0 aliphatic carbocycles. The predicted octanol–water partition coefficient (Wildman–Crippen LogP) is 3.75. The maximum absolute atomic E-state index is 2.64. The average molecular weight is 219 g/mol. The van der Waals surface area contributed by atoms with E-state index in [2.05, 4.69) is 25.7 Å². The molecule has 1 nitrogen and oxygen atoms in total. The van der Waals surface area contributed by atoms with Crippen LogP contribution in [0.1, 0.15) is 59.3 Å². The van der Waals surface area contributed by atoms with Gasteiger partial charge in [-0.25, -0.2) is 0 Å². The lowest BCUT2D eigenvalue weighted by Crippen LogP contribution is -2.27. The van der Waals surface area contributed by atoms with Gasteiger partial charge in [-0.2, -0.15) is 9.90 Å². The van der Waals surface area contributed by atoms with E-state index >= 15 is 0 Å². The molecule has 1 atom stereocenters. The second kappa shape index (κ2) is 13.4. The molecule has 0 radical (unpaired) electrons. The summed E-state index contributed by atoms with van der Waals surface area (Å²) >= 11 is 0. The van der Waals surface area contributed by atoms with Gasteiger partial charge in [-0.3, -0.25) is 0 Å². The second-order valence-corrected chi connectivity index (χ2v) is 3.90. The van der Waals surface area contributed by atoms with Crippen LogP contribution < -0.4 is 0 Å². The van der Waals surface area contributed by atoms with Crippen molar-refractivity contribution in [2.45, 2.75) is 59.3 Å². The van der Waals surface area contributed by atoms with Crippen LogP contribution in [0.4, 0.5) is 0 Å². The Bertz CT molecular complexity index is 77.3. The van der Waals surface area contributed by atoms with E-state index in [1.807, 2.05) is 0 Å². The van der Waals surface area contributed by atoms with Crippen LogP contribution in [-0.4, -0.2) is 24.5 Å². The summed E-state index contributed by atoms with van der Waals surface area (Å²) in [5.74, 6) is 0. The largest absolute Gasteiger partial charge is 0.303 e. The van der Waals surface area contributed by atoms with Gasteiger partial charge < -0.3 is 4.90 Å². The molecule has 1 unspecified atom stereocenters. The molecule has 0 spiro atoms. The van der Waals surface area contributed by atoms with E-state index in [0.717, 1.165) is 0 Å². The highest BCUT2D eigenvalue weighted by Gasteiger charge is 2.01. The molecule has 2 heteroatoms. The van der Waals surface area contributed by atoms with Gasteiger partial charge in [0, 0.05) is 0 Å². The van der Waals surface area contributed by atoms with E-state index in [0.29, 0.717) is 0 Å². The third kappa shape index (κ3) is 10.5. The maximum atomic E-state index is 2.64. The van der Waals surface area contributed by atoms with E-state index in [1.165, 1.54) is 58.2 Å². The first-order chi connectivity index (χ1) is 6.35. The molecule has 0 heterocycles. The quantitative estimate of drug-likeness (QED) is 0.534. The molecule has 0 N–H and O–H groups in total. The summed E-state index contributed by atoms with van der Waals surface area (Å²) in [6.45, 7) is 10.8. The minimum absolute atomic E-state index is 0. The van der Waals surface area contributed by atoms with E-state index in [-0.39, 0.29) is 9.90 Å². The Morgan fingerprint density at radius 2 is 0.929 bits per heavy atom. The summed E-state index contributed by atoms with van der Waals surface area (Å²) < 4.78 is 0. The molecule has 14 heavy (non-hydrogen) atoms. The fourth-order valence-corrected chi connectivity index (χ4v) is 1.48. The van der Waals surface area contributed by atoms with Crippen LogP contribution in [0, 0.1) is 0 Å². The molecule has 0 rings (SSSR count). The normalized spacial score (nSPS) is 10.3. The third-order valence-electron chi connectivity index (χ3n) is 2.48. The van der Waals surface area contributed by atoms with Crippen LogP contribution in [0.3, 0.4) is 0 Å². The second-order valence-electron chi connectivity index (χ2n) is 3.90. The lowest BCUT2D eigenvalue weighted by molar-refractivity contribution is 0.261. The first-order valence-corrected chi connectivity index (χ1v) is 6.07. The van der Waals surface area contributed by atoms with E-state index in [4.69, 9.17) is 0 Å². The van der Waals surface area contributed by atoms with Crippen molar-refractivity contribution in [2.75, 3.05) is 19.6 Å². The Balaban J connectivity index is 0. The highest BCUT2D eigenvalue weighted by Crippen LogP contribution is 2.01. The van der Waals surface area contributed by atoms with Crippen molar-refractivity contribution in [3.8, 4) is 0 Å². The summed E-state index contributed by atoms with van der Waals surface area (Å²) in [5, 5.41) is 0. The van der Waals surface area contributed by atoms with Crippen molar-refractivity contribution < 1.29 is 0 Å². The van der Waals surface area contributed by atoms with Gasteiger partial charge in [0.15, 0.2) is 0 Å². The number of rotatable bonds is 9. The van der Waals surface area contributed by atoms with Crippen LogP contribution in [-0.2, 0) is 0 Å². The Morgan fingerprint density at radius 3 is 1.14 bits per heavy atom. The first kappa shape index (κ1) is 16.8. The Morgan fingerprint density at radius 1 is 0.643 bits per heavy atom. The van der Waals surface area contributed by atoms with E-state index in [1.54, 1.807) is 0 Å². The zero-order chi connectivity index (χ0) is 9.94. The minimum Gasteiger partial charge on any atom is -0.303 e. The highest BCUT2D eigenvalue weighted by molar-refractivity contribution is 6.92. The first-order valence-electron chi connectivity index (χ1n) is 6.07. The molecule has 0 aliphatic heterocycles. The maximum Gasteiger partial charge on any atom is -0.00188 e. The van der Waals surface area contributed by atoms with Crippen LogP contribution in [0.15, 0.2) is 0 Å². The lowest BCUT2D eigenvalue weighted by atomic mass is 10.2. The zero-order valence-electron chi connectivity index (χ0n) is 10.5.